The summed E-state index contributed by atoms with van der Waals surface area (Å²) < 4.78 is 2.18. The summed E-state index contributed by atoms with van der Waals surface area (Å²) in [6, 6.07) is 13.3. The van der Waals surface area contributed by atoms with E-state index in [0.29, 0.717) is 12.6 Å². The van der Waals surface area contributed by atoms with Crippen LogP contribution in [-0.2, 0) is 20.0 Å². The number of hydrogen-bond donors (Lipinski definition) is 1. The quantitative estimate of drug-likeness (QED) is 0.911. The first-order chi connectivity index (χ1) is 9.29. The molecule has 0 fully saturated rings. The van der Waals surface area contributed by atoms with E-state index in [-0.39, 0.29) is 0 Å². The van der Waals surface area contributed by atoms with E-state index in [4.69, 9.17) is 5.73 Å². The van der Waals surface area contributed by atoms with Crippen LogP contribution >= 0.6 is 0 Å². The lowest BCUT2D eigenvalue weighted by molar-refractivity contribution is 0.178. The lowest BCUT2D eigenvalue weighted by Gasteiger charge is -2.35. The van der Waals surface area contributed by atoms with Gasteiger partial charge in [0, 0.05) is 38.6 Å². The van der Waals surface area contributed by atoms with Crippen molar-refractivity contribution in [3.63, 3.8) is 0 Å². The number of rotatable bonds is 3. The summed E-state index contributed by atoms with van der Waals surface area (Å²) in [4.78, 5) is 2.50. The molecule has 2 heterocycles. The van der Waals surface area contributed by atoms with Crippen molar-refractivity contribution in [2.45, 2.75) is 19.0 Å². The Morgan fingerprint density at radius 3 is 2.63 bits per heavy atom. The van der Waals surface area contributed by atoms with Crippen molar-refractivity contribution in [2.75, 3.05) is 13.1 Å². The highest BCUT2D eigenvalue weighted by atomic mass is 15.2. The van der Waals surface area contributed by atoms with Crippen molar-refractivity contribution in [1.82, 2.24) is 9.47 Å². The molecule has 0 aliphatic carbocycles. The van der Waals surface area contributed by atoms with Gasteiger partial charge in [0.15, 0.2) is 0 Å². The normalized spacial score (nSPS) is 17.2. The van der Waals surface area contributed by atoms with Crippen LogP contribution in [0.5, 0.6) is 0 Å². The number of nitrogens with two attached hydrogens (primary N) is 1. The van der Waals surface area contributed by atoms with Crippen LogP contribution in [0.25, 0.3) is 0 Å². The van der Waals surface area contributed by atoms with Gasteiger partial charge < -0.3 is 10.3 Å². The molecule has 3 nitrogen and oxygen atoms in total. The van der Waals surface area contributed by atoms with Gasteiger partial charge in [-0.1, -0.05) is 24.3 Å². The molecule has 100 valence electrons. The van der Waals surface area contributed by atoms with Gasteiger partial charge in [-0.25, -0.2) is 0 Å². The Morgan fingerprint density at radius 2 is 1.95 bits per heavy atom. The Hall–Kier alpha value is -1.58. The second-order valence-electron chi connectivity index (χ2n) is 5.28. The van der Waals surface area contributed by atoms with E-state index in [0.717, 1.165) is 19.5 Å². The van der Waals surface area contributed by atoms with Crippen LogP contribution in [0, 0.1) is 0 Å². The number of hydrogen-bond acceptors (Lipinski definition) is 2. The second kappa shape index (κ2) is 5.19. The van der Waals surface area contributed by atoms with Gasteiger partial charge in [0.1, 0.15) is 0 Å². The van der Waals surface area contributed by atoms with Gasteiger partial charge in [0.2, 0.25) is 0 Å². The highest BCUT2D eigenvalue weighted by molar-refractivity contribution is 5.29. The third-order valence-corrected chi connectivity index (χ3v) is 4.15. The molecule has 3 rings (SSSR count). The second-order valence-corrected chi connectivity index (χ2v) is 5.28. The number of benzene rings is 1. The van der Waals surface area contributed by atoms with Gasteiger partial charge in [-0.15, -0.1) is 0 Å². The fourth-order valence-electron chi connectivity index (χ4n) is 3.06. The van der Waals surface area contributed by atoms with Crippen LogP contribution in [-0.4, -0.2) is 22.6 Å². The van der Waals surface area contributed by atoms with Crippen LogP contribution in [0.15, 0.2) is 42.6 Å². The molecule has 1 aliphatic heterocycles. The fourth-order valence-corrected chi connectivity index (χ4v) is 3.06. The molecule has 0 bridgehead atoms. The summed E-state index contributed by atoms with van der Waals surface area (Å²) >= 11 is 0. The minimum absolute atomic E-state index is 0.313. The van der Waals surface area contributed by atoms with Crippen molar-refractivity contribution in [1.29, 1.82) is 0 Å². The van der Waals surface area contributed by atoms with Gasteiger partial charge in [0.05, 0.1) is 6.04 Å². The maximum atomic E-state index is 6.03. The Balaban J connectivity index is 1.85. The van der Waals surface area contributed by atoms with Crippen molar-refractivity contribution >= 4 is 0 Å². The zero-order valence-electron chi connectivity index (χ0n) is 11.4. The number of aryl methyl sites for hydroxylation is 1. The zero-order valence-corrected chi connectivity index (χ0v) is 11.4. The largest absolute Gasteiger partial charge is 0.353 e. The highest BCUT2D eigenvalue weighted by Gasteiger charge is 2.24. The highest BCUT2D eigenvalue weighted by Crippen LogP contribution is 2.27. The predicted molar refractivity (Wildman–Crippen MR) is 77.8 cm³/mol. The van der Waals surface area contributed by atoms with Crippen LogP contribution < -0.4 is 5.73 Å². The molecule has 0 saturated heterocycles. The van der Waals surface area contributed by atoms with Gasteiger partial charge >= 0.3 is 0 Å². The third-order valence-electron chi connectivity index (χ3n) is 4.15. The molecule has 1 aliphatic rings. The molecule has 0 spiro atoms. The molecule has 0 saturated carbocycles. The van der Waals surface area contributed by atoms with Crippen LogP contribution in [0.4, 0.5) is 0 Å². The van der Waals surface area contributed by atoms with Gasteiger partial charge in [-0.05, 0) is 29.7 Å². The molecule has 3 heteroatoms. The molecule has 1 atom stereocenters. The molecule has 1 aromatic carbocycles. The number of fused-ring (bicyclic) bond motifs is 1. The predicted octanol–water partition coefficient (Wildman–Crippen LogP) is 2.08. The Labute approximate surface area is 114 Å². The summed E-state index contributed by atoms with van der Waals surface area (Å²) in [5.74, 6) is 0. The lowest BCUT2D eigenvalue weighted by Crippen LogP contribution is -2.38. The van der Waals surface area contributed by atoms with Crippen molar-refractivity contribution in [3.05, 3.63) is 59.4 Å². The van der Waals surface area contributed by atoms with E-state index in [1.54, 1.807) is 0 Å². The molecule has 1 unspecified atom stereocenters. The first kappa shape index (κ1) is 12.5. The van der Waals surface area contributed by atoms with E-state index >= 15 is 0 Å². The minimum Gasteiger partial charge on any atom is -0.353 e. The van der Waals surface area contributed by atoms with Gasteiger partial charge in [0.25, 0.3) is 0 Å². The number of nitrogens with zero attached hydrogens (tertiary/aromatic N) is 2. The van der Waals surface area contributed by atoms with E-state index in [2.05, 4.69) is 59.1 Å². The fraction of sp³-hybridized carbons (Fsp3) is 0.375. The summed E-state index contributed by atoms with van der Waals surface area (Å²) in [7, 11) is 2.09. The van der Waals surface area contributed by atoms with Crippen molar-refractivity contribution < 1.29 is 0 Å². The smallest absolute Gasteiger partial charge is 0.0627 e. The Kier molecular flexibility index (Phi) is 3.40. The average Bonchev–Trinajstić information content (AvgIpc) is 2.86. The van der Waals surface area contributed by atoms with Crippen LogP contribution in [0.1, 0.15) is 22.9 Å². The summed E-state index contributed by atoms with van der Waals surface area (Å²) in [6.45, 7) is 2.76. The molecular formula is C16H21N3. The maximum absolute atomic E-state index is 6.03. The first-order valence-corrected chi connectivity index (χ1v) is 6.91. The Bertz CT molecular complexity index is 559. The summed E-state index contributed by atoms with van der Waals surface area (Å²) in [6.07, 6.45) is 3.22. The van der Waals surface area contributed by atoms with Gasteiger partial charge in [-0.3, -0.25) is 4.90 Å². The van der Waals surface area contributed by atoms with E-state index < -0.39 is 0 Å². The average molecular weight is 255 g/mol. The molecule has 0 radical (unpaired) electrons. The van der Waals surface area contributed by atoms with Gasteiger partial charge in [-0.2, -0.15) is 0 Å². The first-order valence-electron chi connectivity index (χ1n) is 6.91. The van der Waals surface area contributed by atoms with Crippen molar-refractivity contribution in [2.24, 2.45) is 12.8 Å². The molecular weight excluding hydrogens is 234 g/mol. The molecule has 2 aromatic rings. The van der Waals surface area contributed by atoms with Crippen molar-refractivity contribution in [3.8, 4) is 0 Å². The SMILES string of the molecule is Cn1cccc1C(CN)N1CCc2ccccc2C1. The van der Waals surface area contributed by atoms with E-state index in [1.807, 2.05) is 0 Å². The van der Waals surface area contributed by atoms with Crippen LogP contribution in [0.3, 0.4) is 0 Å². The van der Waals surface area contributed by atoms with Crippen LogP contribution in [0.2, 0.25) is 0 Å². The standard InChI is InChI=1S/C16H21N3/c1-18-9-4-7-15(18)16(11-17)19-10-8-13-5-2-3-6-14(13)12-19/h2-7,9,16H,8,10-12,17H2,1H3. The topological polar surface area (TPSA) is 34.2 Å². The molecule has 19 heavy (non-hydrogen) atoms. The lowest BCUT2D eigenvalue weighted by atomic mass is 9.98. The minimum atomic E-state index is 0.313. The number of aromatic nitrogens is 1. The third kappa shape index (κ3) is 2.31. The van der Waals surface area contributed by atoms with E-state index in [9.17, 15) is 0 Å². The zero-order chi connectivity index (χ0) is 13.2. The Morgan fingerprint density at radius 1 is 1.16 bits per heavy atom. The van der Waals surface area contributed by atoms with E-state index in [1.165, 1.54) is 16.8 Å². The summed E-state index contributed by atoms with van der Waals surface area (Å²) in [5.41, 5.74) is 10.3. The monoisotopic (exact) mass is 255 g/mol. The maximum Gasteiger partial charge on any atom is 0.0627 e. The summed E-state index contributed by atoms with van der Waals surface area (Å²) in [5, 5.41) is 0. The molecule has 1 aromatic heterocycles. The molecule has 2 N–H and O–H groups in total. The molecule has 0 amide bonds.